The molecular weight excluding hydrogens is 322 g/mol. The van der Waals surface area contributed by atoms with E-state index < -0.39 is 11.0 Å². The molecule has 0 fully saturated rings. The number of halogens is 4. The van der Waals surface area contributed by atoms with Crippen LogP contribution in [0.2, 0.25) is 10.0 Å². The van der Waals surface area contributed by atoms with E-state index in [4.69, 9.17) is 51.5 Å². The summed E-state index contributed by atoms with van der Waals surface area (Å²) in [5.74, 6) is -1.34. The lowest BCUT2D eigenvalue weighted by Gasteiger charge is -2.02. The maximum atomic E-state index is 10.5. The van der Waals surface area contributed by atoms with E-state index in [0.717, 1.165) is 6.21 Å². The first-order chi connectivity index (χ1) is 8.41. The highest BCUT2D eigenvalue weighted by atomic mass is 35.5. The van der Waals surface area contributed by atoms with E-state index in [1.54, 1.807) is 12.1 Å². The maximum Gasteiger partial charge on any atom is 0.348 e. The number of aliphatic carboxylic acids is 1. The van der Waals surface area contributed by atoms with E-state index in [0.29, 0.717) is 15.7 Å². The average Bonchev–Trinajstić information content (AvgIpc) is 2.30. The van der Waals surface area contributed by atoms with E-state index in [2.05, 4.69) is 10.5 Å². The summed E-state index contributed by atoms with van der Waals surface area (Å²) < 4.78 is 0. The minimum atomic E-state index is -1.34. The third kappa shape index (κ3) is 4.38. The van der Waals surface area contributed by atoms with Crippen molar-refractivity contribution in [2.75, 3.05) is 5.43 Å². The molecule has 0 saturated carbocycles. The van der Waals surface area contributed by atoms with Crippen LogP contribution in [-0.2, 0) is 4.79 Å². The van der Waals surface area contributed by atoms with Crippen LogP contribution in [0.15, 0.2) is 33.4 Å². The summed E-state index contributed by atoms with van der Waals surface area (Å²) in [5.41, 5.74) is 3.07. The van der Waals surface area contributed by atoms with Gasteiger partial charge in [0.05, 0.1) is 22.0 Å². The number of carbonyl (C=O) groups is 1. The fourth-order valence-electron chi connectivity index (χ4n) is 0.897. The van der Waals surface area contributed by atoms with Crippen LogP contribution in [0.3, 0.4) is 0 Å². The second-order valence-electron chi connectivity index (χ2n) is 2.96. The van der Waals surface area contributed by atoms with Crippen molar-refractivity contribution >= 4 is 64.3 Å². The zero-order valence-corrected chi connectivity index (χ0v) is 11.6. The fourth-order valence-corrected chi connectivity index (χ4v) is 1.53. The van der Waals surface area contributed by atoms with Crippen LogP contribution in [-0.4, -0.2) is 17.3 Å². The van der Waals surface area contributed by atoms with Crippen LogP contribution in [0, 0.1) is 0 Å². The number of nitrogens with zero attached hydrogens (tertiary/aromatic N) is 1. The van der Waals surface area contributed by atoms with Crippen LogP contribution in [0.25, 0.3) is 0 Å². The van der Waals surface area contributed by atoms with Gasteiger partial charge in [0.15, 0.2) is 0 Å². The minimum absolute atomic E-state index is 0.207. The molecular formula is C10H6Cl4N2O2. The lowest BCUT2D eigenvalue weighted by molar-refractivity contribution is -0.131. The molecule has 0 saturated heterocycles. The fraction of sp³-hybridized carbons (Fsp3) is 0. The summed E-state index contributed by atoms with van der Waals surface area (Å²) >= 11 is 22.6. The third-order valence-electron chi connectivity index (χ3n) is 1.69. The van der Waals surface area contributed by atoms with E-state index >= 15 is 0 Å². The number of hydrogen-bond acceptors (Lipinski definition) is 3. The zero-order chi connectivity index (χ0) is 13.7. The number of benzene rings is 1. The zero-order valence-electron chi connectivity index (χ0n) is 8.62. The van der Waals surface area contributed by atoms with Gasteiger partial charge in [-0.25, -0.2) is 4.79 Å². The van der Waals surface area contributed by atoms with Gasteiger partial charge in [0.2, 0.25) is 0 Å². The second kappa shape index (κ2) is 6.85. The summed E-state index contributed by atoms with van der Waals surface area (Å²) in [5, 5.41) is 12.4. The Bertz CT molecular complexity index is 529. The number of carboxylic acid groups (broad SMARTS) is 1. The van der Waals surface area contributed by atoms with Crippen molar-refractivity contribution in [3.05, 3.63) is 38.3 Å². The number of nitrogens with one attached hydrogen (secondary N) is 1. The summed E-state index contributed by atoms with van der Waals surface area (Å²) in [6.45, 7) is 0. The molecule has 0 radical (unpaired) electrons. The Hall–Kier alpha value is -0.940. The molecule has 1 aromatic rings. The van der Waals surface area contributed by atoms with Gasteiger partial charge in [-0.3, -0.25) is 5.43 Å². The van der Waals surface area contributed by atoms with Crippen LogP contribution >= 0.6 is 46.4 Å². The molecule has 0 heterocycles. The molecule has 0 atom stereocenters. The van der Waals surface area contributed by atoms with Crippen molar-refractivity contribution in [2.45, 2.75) is 0 Å². The Morgan fingerprint density at radius 3 is 2.56 bits per heavy atom. The molecule has 2 N–H and O–H groups in total. The number of anilines is 1. The summed E-state index contributed by atoms with van der Waals surface area (Å²) in [7, 11) is 0. The molecule has 0 spiro atoms. The standard InChI is InChI=1S/C10H6Cl4N2O2/c11-5-1-2-8(6(12)3-5)16-15-4-7(13)9(14)10(17)18/h1-4,16H,(H,17,18)/b9-7-,15-4+. The minimum Gasteiger partial charge on any atom is -0.477 e. The number of rotatable bonds is 4. The van der Waals surface area contributed by atoms with Crippen LogP contribution in [0.1, 0.15) is 0 Å². The first-order valence-electron chi connectivity index (χ1n) is 4.44. The molecule has 0 aliphatic carbocycles. The number of hydrogen-bond donors (Lipinski definition) is 2. The topological polar surface area (TPSA) is 61.7 Å². The smallest absolute Gasteiger partial charge is 0.348 e. The van der Waals surface area contributed by atoms with Crippen molar-refractivity contribution in [2.24, 2.45) is 5.10 Å². The molecule has 1 aromatic carbocycles. The quantitative estimate of drug-likeness (QED) is 0.495. The summed E-state index contributed by atoms with van der Waals surface area (Å²) in [4.78, 5) is 10.5. The van der Waals surface area contributed by atoms with Gasteiger partial charge in [0, 0.05) is 5.02 Å². The molecule has 96 valence electrons. The molecule has 0 unspecified atom stereocenters. The third-order valence-corrected chi connectivity index (χ3v) is 2.99. The first-order valence-corrected chi connectivity index (χ1v) is 5.95. The molecule has 0 aliphatic rings. The maximum absolute atomic E-state index is 10.5. The molecule has 0 aromatic heterocycles. The number of allylic oxidation sites excluding steroid dienone is 1. The average molecular weight is 328 g/mol. The van der Waals surface area contributed by atoms with E-state index in [9.17, 15) is 4.79 Å². The summed E-state index contributed by atoms with van der Waals surface area (Å²) in [6, 6.07) is 4.76. The predicted molar refractivity (Wildman–Crippen MR) is 74.9 cm³/mol. The van der Waals surface area contributed by atoms with Crippen molar-refractivity contribution in [1.82, 2.24) is 0 Å². The molecule has 0 aliphatic heterocycles. The van der Waals surface area contributed by atoms with Crippen molar-refractivity contribution in [1.29, 1.82) is 0 Å². The monoisotopic (exact) mass is 326 g/mol. The lowest BCUT2D eigenvalue weighted by atomic mass is 10.3. The predicted octanol–water partition coefficient (Wildman–Crippen LogP) is 4.16. The van der Waals surface area contributed by atoms with Gasteiger partial charge in [0.1, 0.15) is 5.03 Å². The van der Waals surface area contributed by atoms with Crippen molar-refractivity contribution < 1.29 is 9.90 Å². The highest BCUT2D eigenvalue weighted by Gasteiger charge is 2.07. The van der Waals surface area contributed by atoms with Crippen LogP contribution in [0.5, 0.6) is 0 Å². The Balaban J connectivity index is 2.77. The molecule has 0 bridgehead atoms. The van der Waals surface area contributed by atoms with Crippen LogP contribution in [0.4, 0.5) is 5.69 Å². The van der Waals surface area contributed by atoms with Gasteiger partial charge in [0.25, 0.3) is 0 Å². The highest BCUT2D eigenvalue weighted by Crippen LogP contribution is 2.25. The number of carboxylic acids is 1. The molecule has 18 heavy (non-hydrogen) atoms. The number of hydrazone groups is 1. The van der Waals surface area contributed by atoms with E-state index in [1.807, 2.05) is 0 Å². The van der Waals surface area contributed by atoms with Gasteiger partial charge < -0.3 is 5.11 Å². The second-order valence-corrected chi connectivity index (χ2v) is 4.59. The Morgan fingerprint density at radius 2 is 2.00 bits per heavy atom. The van der Waals surface area contributed by atoms with Crippen molar-refractivity contribution in [3.8, 4) is 0 Å². The normalized spacial score (nSPS) is 12.4. The molecule has 8 heteroatoms. The summed E-state index contributed by atoms with van der Waals surface area (Å²) in [6.07, 6.45) is 1.06. The van der Waals surface area contributed by atoms with Gasteiger partial charge in [-0.2, -0.15) is 5.10 Å². The Labute approximate surface area is 123 Å². The first kappa shape index (κ1) is 15.1. The van der Waals surface area contributed by atoms with E-state index in [1.165, 1.54) is 6.07 Å². The lowest BCUT2D eigenvalue weighted by Crippen LogP contribution is -1.98. The highest BCUT2D eigenvalue weighted by molar-refractivity contribution is 6.51. The van der Waals surface area contributed by atoms with Gasteiger partial charge in [-0.15, -0.1) is 0 Å². The van der Waals surface area contributed by atoms with Crippen LogP contribution < -0.4 is 5.43 Å². The van der Waals surface area contributed by atoms with Gasteiger partial charge >= 0.3 is 5.97 Å². The van der Waals surface area contributed by atoms with Crippen molar-refractivity contribution in [3.63, 3.8) is 0 Å². The SMILES string of the molecule is O=C(O)/C(Cl)=C(Cl)\C=N\Nc1ccc(Cl)cc1Cl. The van der Waals surface area contributed by atoms with E-state index in [-0.39, 0.29) is 5.03 Å². The molecule has 4 nitrogen and oxygen atoms in total. The Kier molecular flexibility index (Phi) is 5.75. The molecule has 1 rings (SSSR count). The van der Waals surface area contributed by atoms with Gasteiger partial charge in [-0.05, 0) is 18.2 Å². The molecule has 0 amide bonds. The largest absolute Gasteiger partial charge is 0.477 e. The Morgan fingerprint density at radius 1 is 1.33 bits per heavy atom. The van der Waals surface area contributed by atoms with Gasteiger partial charge in [-0.1, -0.05) is 46.4 Å².